The lowest BCUT2D eigenvalue weighted by Gasteiger charge is -2.21. The van der Waals surface area contributed by atoms with Crippen molar-refractivity contribution in [3.63, 3.8) is 0 Å². The van der Waals surface area contributed by atoms with Crippen LogP contribution in [0, 0.1) is 26.7 Å². The summed E-state index contributed by atoms with van der Waals surface area (Å²) in [4.78, 5) is 48.9. The smallest absolute Gasteiger partial charge is 0.329 e. The zero-order valence-electron chi connectivity index (χ0n) is 18.9. The monoisotopic (exact) mass is 439 g/mol. The highest BCUT2D eigenvalue weighted by atomic mass is 16.5. The Hall–Kier alpha value is -3.68. The van der Waals surface area contributed by atoms with Crippen molar-refractivity contribution < 1.29 is 23.9 Å². The van der Waals surface area contributed by atoms with Crippen molar-refractivity contribution in [2.24, 2.45) is 5.92 Å². The predicted octanol–water partition coefficient (Wildman–Crippen LogP) is 3.26. The lowest BCUT2D eigenvalue weighted by Crippen LogP contribution is -2.46. The van der Waals surface area contributed by atoms with Gasteiger partial charge in [-0.1, -0.05) is 37.6 Å². The van der Waals surface area contributed by atoms with Crippen LogP contribution >= 0.6 is 0 Å². The van der Waals surface area contributed by atoms with Gasteiger partial charge in [0.05, 0.1) is 0 Å². The van der Waals surface area contributed by atoms with Crippen molar-refractivity contribution in [3.05, 3.63) is 64.7 Å². The predicted molar refractivity (Wildman–Crippen MR) is 121 cm³/mol. The molecule has 2 aromatic carbocycles. The molecule has 0 aromatic heterocycles. The average Bonchev–Trinajstić information content (AvgIpc) is 2.72. The van der Waals surface area contributed by atoms with E-state index in [1.54, 1.807) is 44.2 Å². The van der Waals surface area contributed by atoms with Gasteiger partial charge in [0.25, 0.3) is 11.8 Å². The normalized spacial score (nSPS) is 11.4. The molecule has 0 aliphatic heterocycles. The minimum Gasteiger partial charge on any atom is -0.454 e. The van der Waals surface area contributed by atoms with Crippen LogP contribution in [0.15, 0.2) is 42.5 Å². The zero-order chi connectivity index (χ0) is 23.8. The second-order valence-electron chi connectivity index (χ2n) is 7.97. The summed E-state index contributed by atoms with van der Waals surface area (Å²) in [5.74, 6) is -2.23. The van der Waals surface area contributed by atoms with Crippen LogP contribution in [0.25, 0.3) is 0 Å². The van der Waals surface area contributed by atoms with E-state index in [1.165, 1.54) is 0 Å². The van der Waals surface area contributed by atoms with Gasteiger partial charge in [-0.05, 0) is 62.1 Å². The Labute approximate surface area is 187 Å². The Morgan fingerprint density at radius 1 is 0.938 bits per heavy atom. The maximum atomic E-state index is 12.5. The summed E-state index contributed by atoms with van der Waals surface area (Å²) in [7, 11) is 0. The molecule has 170 valence electrons. The average molecular weight is 440 g/mol. The van der Waals surface area contributed by atoms with E-state index in [0.717, 1.165) is 16.7 Å². The van der Waals surface area contributed by atoms with E-state index in [4.69, 9.17) is 4.74 Å². The Morgan fingerprint density at radius 2 is 1.66 bits per heavy atom. The Kier molecular flexibility index (Phi) is 8.52. The Balaban J connectivity index is 1.87. The maximum Gasteiger partial charge on any atom is 0.329 e. The molecule has 3 N–H and O–H groups in total. The molecule has 0 fully saturated rings. The van der Waals surface area contributed by atoms with Crippen LogP contribution in [0.5, 0.6) is 0 Å². The van der Waals surface area contributed by atoms with Gasteiger partial charge in [0, 0.05) is 11.3 Å². The van der Waals surface area contributed by atoms with E-state index in [9.17, 15) is 19.2 Å². The number of imide groups is 1. The second kappa shape index (κ2) is 11.1. The molecular weight excluding hydrogens is 410 g/mol. The summed E-state index contributed by atoms with van der Waals surface area (Å²) >= 11 is 0. The molecule has 2 aromatic rings. The summed E-state index contributed by atoms with van der Waals surface area (Å²) in [5, 5.41) is 7.30. The molecule has 0 saturated heterocycles. The van der Waals surface area contributed by atoms with Crippen LogP contribution in [0.2, 0.25) is 0 Å². The molecule has 1 atom stereocenters. The van der Waals surface area contributed by atoms with Crippen molar-refractivity contribution in [2.45, 2.75) is 40.7 Å². The fourth-order valence-electron chi connectivity index (χ4n) is 2.88. The van der Waals surface area contributed by atoms with E-state index in [0.29, 0.717) is 11.3 Å². The van der Waals surface area contributed by atoms with Crippen molar-refractivity contribution in [1.29, 1.82) is 0 Å². The number of anilines is 1. The number of carbonyl (C=O) groups is 4. The first-order valence-corrected chi connectivity index (χ1v) is 10.3. The van der Waals surface area contributed by atoms with Crippen molar-refractivity contribution >= 4 is 29.5 Å². The van der Waals surface area contributed by atoms with Crippen LogP contribution in [-0.2, 0) is 14.3 Å². The van der Waals surface area contributed by atoms with Crippen molar-refractivity contribution in [2.75, 3.05) is 11.9 Å². The third-order valence-corrected chi connectivity index (χ3v) is 4.85. The molecule has 0 bridgehead atoms. The molecule has 8 heteroatoms. The Morgan fingerprint density at radius 3 is 2.28 bits per heavy atom. The number of nitrogens with one attached hydrogen (secondary N) is 3. The molecule has 2 rings (SSSR count). The molecule has 0 aliphatic rings. The quantitative estimate of drug-likeness (QED) is 0.573. The third kappa shape index (κ3) is 7.23. The number of esters is 1. The lowest BCUT2D eigenvalue weighted by molar-refractivity contribution is -0.151. The van der Waals surface area contributed by atoms with Crippen LogP contribution in [0.4, 0.5) is 10.5 Å². The van der Waals surface area contributed by atoms with Gasteiger partial charge < -0.3 is 15.4 Å². The first kappa shape index (κ1) is 24.6. The zero-order valence-corrected chi connectivity index (χ0v) is 18.9. The van der Waals surface area contributed by atoms with Crippen molar-refractivity contribution in [1.82, 2.24) is 10.6 Å². The van der Waals surface area contributed by atoms with Gasteiger partial charge in [0.1, 0.15) is 6.04 Å². The summed E-state index contributed by atoms with van der Waals surface area (Å²) in [6.45, 7) is 8.57. The van der Waals surface area contributed by atoms with E-state index in [1.807, 2.05) is 32.9 Å². The number of aryl methyl sites for hydroxylation is 3. The number of benzene rings is 2. The van der Waals surface area contributed by atoms with Gasteiger partial charge in [-0.2, -0.15) is 0 Å². The van der Waals surface area contributed by atoms with Crippen LogP contribution in [-0.4, -0.2) is 36.5 Å². The van der Waals surface area contributed by atoms with Gasteiger partial charge in [0.15, 0.2) is 6.61 Å². The topological polar surface area (TPSA) is 114 Å². The molecule has 32 heavy (non-hydrogen) atoms. The molecule has 0 aliphatic carbocycles. The highest BCUT2D eigenvalue weighted by Gasteiger charge is 2.27. The molecule has 0 unspecified atom stereocenters. The van der Waals surface area contributed by atoms with Gasteiger partial charge in [-0.3, -0.25) is 14.9 Å². The van der Waals surface area contributed by atoms with E-state index in [2.05, 4.69) is 16.0 Å². The second-order valence-corrected chi connectivity index (χ2v) is 7.97. The van der Waals surface area contributed by atoms with Gasteiger partial charge in [-0.25, -0.2) is 9.59 Å². The highest BCUT2D eigenvalue weighted by Crippen LogP contribution is 2.14. The van der Waals surface area contributed by atoms with Gasteiger partial charge >= 0.3 is 12.0 Å². The maximum absolute atomic E-state index is 12.5. The molecular formula is C24H29N3O5. The number of amides is 4. The van der Waals surface area contributed by atoms with Crippen molar-refractivity contribution in [3.8, 4) is 0 Å². The molecule has 4 amide bonds. The van der Waals surface area contributed by atoms with Gasteiger partial charge in [0.2, 0.25) is 0 Å². The molecule has 0 radical (unpaired) electrons. The van der Waals surface area contributed by atoms with Crippen LogP contribution < -0.4 is 16.0 Å². The molecule has 0 heterocycles. The Bertz CT molecular complexity index is 1020. The van der Waals surface area contributed by atoms with Gasteiger partial charge in [-0.15, -0.1) is 0 Å². The van der Waals surface area contributed by atoms with E-state index < -0.39 is 36.5 Å². The minimum atomic E-state index is -0.944. The SMILES string of the molecule is Cc1cccc(C(=O)N[C@@H](C(=O)OCC(=O)NC(=O)Nc2ccc(C)c(C)c2)C(C)C)c1. The molecule has 8 nitrogen and oxygen atoms in total. The number of ether oxygens (including phenoxy) is 1. The third-order valence-electron chi connectivity index (χ3n) is 4.85. The summed E-state index contributed by atoms with van der Waals surface area (Å²) in [6.07, 6.45) is 0. The fourth-order valence-corrected chi connectivity index (χ4v) is 2.88. The number of urea groups is 1. The van der Waals surface area contributed by atoms with E-state index >= 15 is 0 Å². The summed E-state index contributed by atoms with van der Waals surface area (Å²) in [5.41, 5.74) is 3.94. The van der Waals surface area contributed by atoms with E-state index in [-0.39, 0.29) is 5.92 Å². The number of carbonyl (C=O) groups excluding carboxylic acids is 4. The molecule has 0 saturated carbocycles. The summed E-state index contributed by atoms with van der Waals surface area (Å²) in [6, 6.07) is 10.6. The summed E-state index contributed by atoms with van der Waals surface area (Å²) < 4.78 is 5.03. The largest absolute Gasteiger partial charge is 0.454 e. The van der Waals surface area contributed by atoms with Crippen LogP contribution in [0.3, 0.4) is 0 Å². The minimum absolute atomic E-state index is 0.271. The number of hydrogen-bond donors (Lipinski definition) is 3. The molecule has 0 spiro atoms. The van der Waals surface area contributed by atoms with Crippen LogP contribution in [0.1, 0.15) is 40.9 Å². The fraction of sp³-hybridized carbons (Fsp3) is 0.333. The number of hydrogen-bond acceptors (Lipinski definition) is 5. The first-order chi connectivity index (χ1) is 15.1. The first-order valence-electron chi connectivity index (χ1n) is 10.3. The highest BCUT2D eigenvalue weighted by molar-refractivity contribution is 6.02. The number of rotatable bonds is 7. The standard InChI is InChI=1S/C24H29N3O5/c1-14(2)21(27-22(29)18-8-6-7-15(3)11-18)23(30)32-13-20(28)26-24(31)25-19-10-9-16(4)17(5)12-19/h6-12,14,21H,13H2,1-5H3,(H,27,29)(H2,25,26,28,31)/t21-/m1/s1. The lowest BCUT2D eigenvalue weighted by atomic mass is 10.0.